The monoisotopic (exact) mass is 1350 g/mol. The minimum Gasteiger partial charge on any atom is -0.394 e. The van der Waals surface area contributed by atoms with Crippen molar-refractivity contribution >= 4 is 5.91 Å². The molecule has 2 aliphatic heterocycles. The Morgan fingerprint density at radius 2 is 0.674 bits per heavy atom. The third-order valence-electron chi connectivity index (χ3n) is 20.4. The zero-order valence-corrected chi connectivity index (χ0v) is 61.7. The van der Waals surface area contributed by atoms with Gasteiger partial charge in [0.05, 0.1) is 32.0 Å². The number of carbonyl (C=O) groups is 1. The van der Waals surface area contributed by atoms with Gasteiger partial charge in [0.25, 0.3) is 0 Å². The Morgan fingerprint density at radius 1 is 0.368 bits per heavy atom. The van der Waals surface area contributed by atoms with E-state index in [-0.39, 0.29) is 18.9 Å². The van der Waals surface area contributed by atoms with Gasteiger partial charge < -0.3 is 65.1 Å². The van der Waals surface area contributed by atoms with E-state index >= 15 is 0 Å². The van der Waals surface area contributed by atoms with Crippen LogP contribution in [0.4, 0.5) is 0 Å². The number of unbranched alkanes of at least 4 members (excludes halogenated alkanes) is 55. The SMILES string of the molecule is CCCCCCCCCCCCCCCCCCCCCCCCCC/C=C/CC/C=C/C(O)C(COC1OC(CO)C(OC2OC(CO)C(O)C(O)C2O)C(O)C1O)NC(=O)CCCCCCCCCCCCCCCCCCCCCCCCCCCCCCCCC. The predicted octanol–water partition coefficient (Wildman–Crippen LogP) is 18.6. The van der Waals surface area contributed by atoms with Crippen molar-refractivity contribution in [3.63, 3.8) is 0 Å². The Kier molecular flexibility index (Phi) is 62.0. The second-order valence-corrected chi connectivity index (χ2v) is 29.3. The summed E-state index contributed by atoms with van der Waals surface area (Å²) >= 11 is 0. The number of carbonyl (C=O) groups excluding carboxylic acids is 1. The minimum absolute atomic E-state index is 0.239. The molecule has 2 fully saturated rings. The van der Waals surface area contributed by atoms with Gasteiger partial charge in [-0.3, -0.25) is 4.79 Å². The van der Waals surface area contributed by atoms with Gasteiger partial charge in [0.2, 0.25) is 5.91 Å². The predicted molar refractivity (Wildman–Crippen MR) is 392 cm³/mol. The van der Waals surface area contributed by atoms with E-state index in [1.165, 1.54) is 327 Å². The highest BCUT2D eigenvalue weighted by molar-refractivity contribution is 5.76. The third-order valence-corrected chi connectivity index (χ3v) is 20.4. The highest BCUT2D eigenvalue weighted by Gasteiger charge is 2.51. The van der Waals surface area contributed by atoms with E-state index in [9.17, 15) is 45.6 Å². The van der Waals surface area contributed by atoms with Crippen molar-refractivity contribution in [3.8, 4) is 0 Å². The molecular formula is C81H155NO13. The molecule has 1 amide bonds. The van der Waals surface area contributed by atoms with Crippen LogP contribution in [0.15, 0.2) is 24.3 Å². The minimum atomic E-state index is -1.79. The van der Waals surface area contributed by atoms with Crippen LogP contribution in [0.2, 0.25) is 0 Å². The average Bonchev–Trinajstić information content (AvgIpc) is 0.801. The van der Waals surface area contributed by atoms with Crippen LogP contribution in [0.25, 0.3) is 0 Å². The first-order valence-electron chi connectivity index (χ1n) is 41.1. The lowest BCUT2D eigenvalue weighted by Gasteiger charge is -2.46. The van der Waals surface area contributed by atoms with E-state index in [1.54, 1.807) is 6.08 Å². The summed E-state index contributed by atoms with van der Waals surface area (Å²) in [6.45, 7) is 2.86. The Morgan fingerprint density at radius 3 is 1.03 bits per heavy atom. The molecular weight excluding hydrogens is 1190 g/mol. The van der Waals surface area contributed by atoms with E-state index in [4.69, 9.17) is 18.9 Å². The van der Waals surface area contributed by atoms with Gasteiger partial charge >= 0.3 is 0 Å². The maximum absolute atomic E-state index is 13.4. The molecule has 0 saturated carbocycles. The maximum atomic E-state index is 13.4. The molecule has 12 unspecified atom stereocenters. The highest BCUT2D eigenvalue weighted by Crippen LogP contribution is 2.30. The summed E-state index contributed by atoms with van der Waals surface area (Å²) in [4.78, 5) is 13.4. The van der Waals surface area contributed by atoms with Crippen molar-refractivity contribution < 1.29 is 64.6 Å². The van der Waals surface area contributed by atoms with E-state index in [0.29, 0.717) is 12.8 Å². The lowest BCUT2D eigenvalue weighted by molar-refractivity contribution is -0.359. The summed E-state index contributed by atoms with van der Waals surface area (Å²) in [5, 5.41) is 87.7. The lowest BCUT2D eigenvalue weighted by atomic mass is 9.97. The number of hydrogen-bond acceptors (Lipinski definition) is 13. The third kappa shape index (κ3) is 48.9. The molecule has 14 nitrogen and oxygen atoms in total. The fraction of sp³-hybridized carbons (Fsp3) is 0.938. The second-order valence-electron chi connectivity index (χ2n) is 29.3. The summed E-state index contributed by atoms with van der Waals surface area (Å²) < 4.78 is 22.9. The number of nitrogens with one attached hydrogen (secondary N) is 1. The molecule has 0 aromatic carbocycles. The van der Waals surface area contributed by atoms with E-state index < -0.39 is 86.8 Å². The van der Waals surface area contributed by atoms with Gasteiger partial charge in [-0.2, -0.15) is 0 Å². The number of aliphatic hydroxyl groups is 8. The standard InChI is InChI=1S/C81H155NO13/c1-3-5-7-9-11-13-15-17-19-21-23-25-27-29-31-33-35-37-39-41-43-45-47-49-51-53-55-57-59-61-63-65-73(86)82-69(68-92-80-78(91)76(89)79(72(67-84)94-80)95-81-77(90)75(88)74(87)71(66-83)93-81)70(85)64-62-60-58-56-54-52-50-48-46-44-42-40-38-36-34-32-30-28-26-24-22-20-18-16-14-12-10-8-6-4-2/h54,56,62,64,69-72,74-81,83-85,87-91H,3-53,55,57-61,63,65-68H2,1-2H3,(H,82,86)/b56-54+,64-62+. The van der Waals surface area contributed by atoms with Crippen molar-refractivity contribution in [1.82, 2.24) is 5.32 Å². The summed E-state index contributed by atoms with van der Waals surface area (Å²) in [6, 6.07) is -0.931. The normalized spacial score (nSPS) is 22.4. The fourth-order valence-corrected chi connectivity index (χ4v) is 13.9. The van der Waals surface area contributed by atoms with Crippen LogP contribution in [0.1, 0.15) is 393 Å². The number of rotatable bonds is 70. The van der Waals surface area contributed by atoms with Crippen molar-refractivity contribution in [2.75, 3.05) is 19.8 Å². The van der Waals surface area contributed by atoms with Crippen LogP contribution < -0.4 is 5.32 Å². The molecule has 0 radical (unpaired) electrons. The second kappa shape index (κ2) is 65.8. The molecule has 562 valence electrons. The summed E-state index contributed by atoms with van der Waals surface area (Å²) in [5.74, 6) is -0.239. The molecule has 95 heavy (non-hydrogen) atoms. The van der Waals surface area contributed by atoms with Gasteiger partial charge in [-0.25, -0.2) is 0 Å². The van der Waals surface area contributed by atoms with Crippen molar-refractivity contribution in [2.45, 2.75) is 466 Å². The zero-order chi connectivity index (χ0) is 68.7. The Labute approximate surface area is 583 Å². The van der Waals surface area contributed by atoms with Crippen LogP contribution >= 0.6 is 0 Å². The summed E-state index contributed by atoms with van der Waals surface area (Å²) in [7, 11) is 0. The first-order chi connectivity index (χ1) is 46.6. The number of aliphatic hydroxyl groups excluding tert-OH is 8. The molecule has 12 atom stereocenters. The van der Waals surface area contributed by atoms with Crippen LogP contribution in [0.5, 0.6) is 0 Å². The molecule has 9 N–H and O–H groups in total. The molecule has 0 aromatic rings. The smallest absolute Gasteiger partial charge is 0.220 e. The molecule has 2 saturated heterocycles. The average molecular weight is 1350 g/mol. The Bertz CT molecular complexity index is 1690. The number of amides is 1. The zero-order valence-electron chi connectivity index (χ0n) is 61.7. The summed E-state index contributed by atoms with van der Waals surface area (Å²) in [6.07, 6.45) is 68.5. The van der Waals surface area contributed by atoms with Crippen LogP contribution in [0, 0.1) is 0 Å². The van der Waals surface area contributed by atoms with Gasteiger partial charge in [-0.05, 0) is 32.1 Å². The first kappa shape index (κ1) is 89.6. The van der Waals surface area contributed by atoms with E-state index in [1.807, 2.05) is 6.08 Å². The molecule has 14 heteroatoms. The van der Waals surface area contributed by atoms with Gasteiger partial charge in [0.15, 0.2) is 12.6 Å². The topological polar surface area (TPSA) is 228 Å². The van der Waals surface area contributed by atoms with E-state index in [0.717, 1.165) is 32.1 Å². The summed E-state index contributed by atoms with van der Waals surface area (Å²) in [5.41, 5.74) is 0. The Balaban J connectivity index is 1.62. The van der Waals surface area contributed by atoms with Crippen LogP contribution in [-0.4, -0.2) is 140 Å². The fourth-order valence-electron chi connectivity index (χ4n) is 13.9. The van der Waals surface area contributed by atoms with Gasteiger partial charge in [-0.15, -0.1) is 0 Å². The van der Waals surface area contributed by atoms with Crippen molar-refractivity contribution in [1.29, 1.82) is 0 Å². The quantitative estimate of drug-likeness (QED) is 0.0204. The molecule has 0 spiro atoms. The number of hydrogen-bond donors (Lipinski definition) is 9. The number of ether oxygens (including phenoxy) is 4. The van der Waals surface area contributed by atoms with Crippen molar-refractivity contribution in [3.05, 3.63) is 24.3 Å². The maximum Gasteiger partial charge on any atom is 0.220 e. The van der Waals surface area contributed by atoms with Gasteiger partial charge in [0, 0.05) is 6.42 Å². The number of allylic oxidation sites excluding steroid dienone is 3. The van der Waals surface area contributed by atoms with Crippen molar-refractivity contribution in [2.24, 2.45) is 0 Å². The molecule has 0 bridgehead atoms. The molecule has 0 aliphatic carbocycles. The first-order valence-corrected chi connectivity index (χ1v) is 41.1. The molecule has 0 aromatic heterocycles. The Hall–Kier alpha value is -1.53. The molecule has 2 aliphatic rings. The van der Waals surface area contributed by atoms with Gasteiger partial charge in [-0.1, -0.05) is 378 Å². The van der Waals surface area contributed by atoms with E-state index in [2.05, 4.69) is 31.3 Å². The van der Waals surface area contributed by atoms with Crippen LogP contribution in [0.3, 0.4) is 0 Å². The molecule has 2 rings (SSSR count). The highest BCUT2D eigenvalue weighted by atomic mass is 16.7. The molecule has 2 heterocycles. The largest absolute Gasteiger partial charge is 0.394 e. The van der Waals surface area contributed by atoms with Crippen LogP contribution in [-0.2, 0) is 23.7 Å². The lowest BCUT2D eigenvalue weighted by Crippen LogP contribution is -2.65. The van der Waals surface area contributed by atoms with Gasteiger partial charge in [0.1, 0.15) is 48.8 Å².